The molecule has 0 bridgehead atoms. The van der Waals surface area contributed by atoms with Crippen molar-refractivity contribution in [1.29, 1.82) is 0 Å². The predicted molar refractivity (Wildman–Crippen MR) is 163 cm³/mol. The molecule has 22 nitrogen and oxygen atoms in total. The number of carbonyl (C=O) groups is 4. The molecule has 15 atom stereocenters. The SMILES string of the molecule is O=C(CCCCC(=O)ON1C(=O)CCC1=O)NCCO[C@H]1O[C@H](COC2O[C@H](CO)[C@@H](O)[C@H](O)[C@@H]2O)[C@@H](O)[C@H](O[C@H]2O[C@H](CO)[C@@H](O)[C@H](O)[C@@H]2O)[C@@H]1F. The van der Waals surface area contributed by atoms with Crippen molar-refractivity contribution in [3.8, 4) is 0 Å². The Hall–Kier alpha value is -2.59. The van der Waals surface area contributed by atoms with Gasteiger partial charge in [0.05, 0.1) is 26.4 Å². The lowest BCUT2D eigenvalue weighted by molar-refractivity contribution is -0.359. The van der Waals surface area contributed by atoms with Gasteiger partial charge in [-0.1, -0.05) is 0 Å². The van der Waals surface area contributed by atoms with Crippen molar-refractivity contribution in [2.45, 2.75) is 131 Å². The van der Waals surface area contributed by atoms with Crippen LogP contribution in [0, 0.1) is 0 Å². The quantitative estimate of drug-likeness (QED) is 0.0485. The molecule has 0 aliphatic carbocycles. The van der Waals surface area contributed by atoms with Crippen molar-refractivity contribution < 1.29 is 103 Å². The van der Waals surface area contributed by atoms with Crippen LogP contribution in [-0.4, -0.2) is 200 Å². The summed E-state index contributed by atoms with van der Waals surface area (Å²) in [6.07, 6.45) is -26.8. The molecule has 4 saturated heterocycles. The molecule has 4 heterocycles. The maximum absolute atomic E-state index is 15.9. The zero-order valence-corrected chi connectivity index (χ0v) is 28.3. The van der Waals surface area contributed by atoms with Gasteiger partial charge in [-0.05, 0) is 12.8 Å². The Bertz CT molecular complexity index is 1220. The second kappa shape index (κ2) is 19.8. The summed E-state index contributed by atoms with van der Waals surface area (Å²) in [6, 6.07) is 0. The zero-order valence-electron chi connectivity index (χ0n) is 28.3. The maximum Gasteiger partial charge on any atom is 0.333 e. The number of amides is 3. The summed E-state index contributed by atoms with van der Waals surface area (Å²) in [6.45, 7) is -2.86. The van der Waals surface area contributed by atoms with E-state index < -0.39 is 136 Å². The molecule has 0 aromatic carbocycles. The average molecular weight is 775 g/mol. The first-order chi connectivity index (χ1) is 25.2. The first-order valence-corrected chi connectivity index (χ1v) is 17.0. The molecule has 4 rings (SSSR count). The second-order valence-electron chi connectivity index (χ2n) is 12.8. The number of nitrogens with one attached hydrogen (secondary N) is 1. The number of imide groups is 1. The third kappa shape index (κ3) is 10.8. The van der Waals surface area contributed by atoms with Gasteiger partial charge in [0.15, 0.2) is 25.0 Å². The lowest BCUT2D eigenvalue weighted by atomic mass is 9.97. The minimum absolute atomic E-state index is 0.0426. The number of hydroxylamine groups is 2. The van der Waals surface area contributed by atoms with Gasteiger partial charge in [0.1, 0.15) is 67.1 Å². The Morgan fingerprint density at radius 3 is 1.87 bits per heavy atom. The molecule has 0 radical (unpaired) electrons. The Kier molecular flexibility index (Phi) is 16.1. The number of ether oxygens (including phenoxy) is 6. The maximum atomic E-state index is 15.9. The fourth-order valence-electron chi connectivity index (χ4n) is 5.85. The van der Waals surface area contributed by atoms with Crippen LogP contribution in [0.3, 0.4) is 0 Å². The van der Waals surface area contributed by atoms with Crippen LogP contribution in [0.2, 0.25) is 0 Å². The Morgan fingerprint density at radius 1 is 0.717 bits per heavy atom. The van der Waals surface area contributed by atoms with E-state index in [1.165, 1.54) is 0 Å². The number of hydrogen-bond donors (Lipinski definition) is 10. The van der Waals surface area contributed by atoms with E-state index in [1.54, 1.807) is 0 Å². The van der Waals surface area contributed by atoms with Crippen LogP contribution in [0.1, 0.15) is 38.5 Å². The number of aliphatic hydroxyl groups is 9. The number of alkyl halides is 1. The minimum atomic E-state index is -2.34. The fraction of sp³-hybridized carbons (Fsp3) is 0.867. The Morgan fingerprint density at radius 2 is 1.26 bits per heavy atom. The third-order valence-electron chi connectivity index (χ3n) is 8.95. The zero-order chi connectivity index (χ0) is 39.0. The minimum Gasteiger partial charge on any atom is -0.394 e. The Labute approximate surface area is 300 Å². The summed E-state index contributed by atoms with van der Waals surface area (Å²) in [7, 11) is 0. The van der Waals surface area contributed by atoms with Crippen LogP contribution < -0.4 is 5.32 Å². The average Bonchev–Trinajstić information content (AvgIpc) is 3.45. The molecule has 4 aliphatic rings. The molecule has 0 spiro atoms. The van der Waals surface area contributed by atoms with Crippen LogP contribution >= 0.6 is 0 Å². The van der Waals surface area contributed by atoms with Gasteiger partial charge >= 0.3 is 5.97 Å². The van der Waals surface area contributed by atoms with Crippen molar-refractivity contribution in [3.63, 3.8) is 0 Å². The van der Waals surface area contributed by atoms with Crippen LogP contribution in [0.4, 0.5) is 4.39 Å². The summed E-state index contributed by atoms with van der Waals surface area (Å²) in [4.78, 5) is 52.0. The smallest absolute Gasteiger partial charge is 0.333 e. The van der Waals surface area contributed by atoms with E-state index in [2.05, 4.69) is 5.32 Å². The standard InChI is InChI=1S/C30H47FN2O20/c31-19-27(52-30-26(46)24(44)21(41)13(10-35)50-30)22(42)14(11-48-29-25(45)23(43)20(40)12(9-34)49-29)51-28(19)47-8-7-32-15(36)3-1-2-4-18(39)53-33-16(37)5-6-17(33)38/h12-14,19-30,34-35,40-46H,1-11H2,(H,32,36)/t12-,13-,14-,19+,20-,21-,22-,23+,24+,25+,26+,27-,28+,29?,30-/m1/s1. The molecule has 1 unspecified atom stereocenters. The normalized spacial score (nSPS) is 39.3. The highest BCUT2D eigenvalue weighted by atomic mass is 19.1. The lowest BCUT2D eigenvalue weighted by Gasteiger charge is -2.46. The third-order valence-corrected chi connectivity index (χ3v) is 8.95. The van der Waals surface area contributed by atoms with E-state index in [4.69, 9.17) is 33.3 Å². The number of aliphatic hydroxyl groups excluding tert-OH is 9. The molecule has 0 saturated carbocycles. The van der Waals surface area contributed by atoms with E-state index in [0.29, 0.717) is 5.06 Å². The van der Waals surface area contributed by atoms with Gasteiger partial charge in [-0.2, -0.15) is 0 Å². The van der Waals surface area contributed by atoms with Gasteiger partial charge in [0.2, 0.25) is 5.91 Å². The number of nitrogens with zero attached hydrogens (tertiary/aromatic N) is 1. The van der Waals surface area contributed by atoms with Crippen LogP contribution in [0.25, 0.3) is 0 Å². The lowest BCUT2D eigenvalue weighted by Crippen LogP contribution is -2.64. The van der Waals surface area contributed by atoms with Crippen molar-refractivity contribution >= 4 is 23.7 Å². The summed E-state index contributed by atoms with van der Waals surface area (Å²) in [5, 5.41) is 94.0. The molecule has 0 aromatic heterocycles. The number of halogens is 1. The molecule has 53 heavy (non-hydrogen) atoms. The summed E-state index contributed by atoms with van der Waals surface area (Å²) in [5.74, 6) is -2.52. The predicted octanol–water partition coefficient (Wildman–Crippen LogP) is -6.29. The van der Waals surface area contributed by atoms with Crippen molar-refractivity contribution in [3.05, 3.63) is 0 Å². The highest BCUT2D eigenvalue weighted by molar-refractivity contribution is 6.01. The van der Waals surface area contributed by atoms with Gasteiger partial charge in [0.25, 0.3) is 11.8 Å². The monoisotopic (exact) mass is 774 g/mol. The number of hydrogen-bond acceptors (Lipinski definition) is 20. The molecule has 4 aliphatic heterocycles. The summed E-state index contributed by atoms with van der Waals surface area (Å²) < 4.78 is 48.4. The van der Waals surface area contributed by atoms with Crippen LogP contribution in [-0.2, 0) is 52.4 Å². The van der Waals surface area contributed by atoms with Crippen LogP contribution in [0.15, 0.2) is 0 Å². The molecule has 23 heteroatoms. The van der Waals surface area contributed by atoms with E-state index in [9.17, 15) is 65.1 Å². The first-order valence-electron chi connectivity index (χ1n) is 17.0. The van der Waals surface area contributed by atoms with Crippen molar-refractivity contribution in [2.24, 2.45) is 0 Å². The Balaban J connectivity index is 1.30. The van der Waals surface area contributed by atoms with Gasteiger partial charge in [-0.3, -0.25) is 14.4 Å². The molecule has 304 valence electrons. The first kappa shape index (κ1) is 43.1. The number of rotatable bonds is 17. The summed E-state index contributed by atoms with van der Waals surface area (Å²) >= 11 is 0. The highest BCUT2D eigenvalue weighted by Crippen LogP contribution is 2.32. The molecule has 0 aromatic rings. The topological polar surface area (TPSA) is 330 Å². The van der Waals surface area contributed by atoms with Gasteiger partial charge in [-0.25, -0.2) is 9.18 Å². The van der Waals surface area contributed by atoms with E-state index in [1.807, 2.05) is 0 Å². The van der Waals surface area contributed by atoms with E-state index in [0.717, 1.165) is 0 Å². The second-order valence-corrected chi connectivity index (χ2v) is 12.8. The van der Waals surface area contributed by atoms with Gasteiger partial charge < -0.3 is 84.5 Å². The van der Waals surface area contributed by atoms with E-state index in [-0.39, 0.29) is 51.7 Å². The number of carbonyl (C=O) groups excluding carboxylic acids is 4. The van der Waals surface area contributed by atoms with E-state index >= 15 is 4.39 Å². The highest BCUT2D eigenvalue weighted by Gasteiger charge is 2.52. The van der Waals surface area contributed by atoms with Crippen molar-refractivity contribution in [1.82, 2.24) is 10.4 Å². The molecule has 4 fully saturated rings. The largest absolute Gasteiger partial charge is 0.394 e. The molecule has 10 N–H and O–H groups in total. The fourth-order valence-corrected chi connectivity index (χ4v) is 5.85. The molecular weight excluding hydrogens is 727 g/mol. The van der Waals surface area contributed by atoms with Crippen LogP contribution in [0.5, 0.6) is 0 Å². The van der Waals surface area contributed by atoms with Gasteiger partial charge in [-0.15, -0.1) is 5.06 Å². The molecule has 3 amide bonds. The van der Waals surface area contributed by atoms with Gasteiger partial charge in [0, 0.05) is 32.2 Å². The molecular formula is C30H47FN2O20. The summed E-state index contributed by atoms with van der Waals surface area (Å²) in [5.41, 5.74) is 0. The number of unbranched alkanes of at least 4 members (excludes halogenated alkanes) is 1. The van der Waals surface area contributed by atoms with Crippen molar-refractivity contribution in [2.75, 3.05) is 33.0 Å².